The first kappa shape index (κ1) is 20.8. The van der Waals surface area contributed by atoms with E-state index in [0.717, 1.165) is 5.56 Å². The lowest BCUT2D eigenvalue weighted by atomic mass is 9.94. The number of nitrogens with zero attached hydrogens (tertiary/aromatic N) is 2. The summed E-state index contributed by atoms with van der Waals surface area (Å²) in [6.07, 6.45) is 2.87. The van der Waals surface area contributed by atoms with E-state index >= 15 is 0 Å². The van der Waals surface area contributed by atoms with Crippen LogP contribution in [-0.2, 0) is 9.59 Å². The molecule has 154 valence electrons. The topological polar surface area (TPSA) is 71.5 Å². The number of nitrogens with one attached hydrogen (secondary N) is 1. The van der Waals surface area contributed by atoms with Crippen molar-refractivity contribution in [3.05, 3.63) is 54.0 Å². The number of halogens is 1. The van der Waals surface area contributed by atoms with Crippen LogP contribution < -0.4 is 10.1 Å². The summed E-state index contributed by atoms with van der Waals surface area (Å²) in [6.45, 7) is 6.29. The number of aromatic nitrogens is 1. The van der Waals surface area contributed by atoms with Crippen LogP contribution in [0.2, 0.25) is 0 Å². The first-order valence-electron chi connectivity index (χ1n) is 9.72. The molecule has 1 fully saturated rings. The van der Waals surface area contributed by atoms with Gasteiger partial charge in [-0.1, -0.05) is 6.07 Å². The zero-order valence-corrected chi connectivity index (χ0v) is 16.9. The molecule has 1 aliphatic rings. The van der Waals surface area contributed by atoms with Crippen molar-refractivity contribution in [2.24, 2.45) is 5.92 Å². The maximum atomic E-state index is 13.1. The predicted octanol–water partition coefficient (Wildman–Crippen LogP) is 3.56. The molecule has 6 nitrogen and oxygen atoms in total. The number of carbonyl (C=O) groups is 2. The van der Waals surface area contributed by atoms with E-state index < -0.39 is 5.60 Å². The van der Waals surface area contributed by atoms with Gasteiger partial charge in [0, 0.05) is 25.2 Å². The summed E-state index contributed by atoms with van der Waals surface area (Å²) in [7, 11) is 0. The third-order valence-corrected chi connectivity index (χ3v) is 5.02. The minimum atomic E-state index is -1.08. The number of anilines is 1. The number of piperidine rings is 1. The van der Waals surface area contributed by atoms with Gasteiger partial charge in [0.25, 0.3) is 5.91 Å². The SMILES string of the molecule is Cc1ccc(NC(=O)C2CCN(C(=O)C(C)(C)Oc3ccc(F)cc3)CC2)nc1. The molecule has 0 aliphatic carbocycles. The molecule has 2 amide bonds. The summed E-state index contributed by atoms with van der Waals surface area (Å²) >= 11 is 0. The van der Waals surface area contributed by atoms with Gasteiger partial charge < -0.3 is 15.0 Å². The van der Waals surface area contributed by atoms with Gasteiger partial charge in [0.2, 0.25) is 5.91 Å². The number of carbonyl (C=O) groups excluding carboxylic acids is 2. The second kappa shape index (κ2) is 8.59. The van der Waals surface area contributed by atoms with Crippen molar-refractivity contribution in [3.8, 4) is 5.75 Å². The zero-order valence-electron chi connectivity index (χ0n) is 16.9. The summed E-state index contributed by atoms with van der Waals surface area (Å²) in [4.78, 5) is 31.3. The second-order valence-electron chi connectivity index (χ2n) is 7.84. The van der Waals surface area contributed by atoms with Gasteiger partial charge in [-0.15, -0.1) is 0 Å². The molecular formula is C22H26FN3O3. The van der Waals surface area contributed by atoms with Crippen molar-refractivity contribution in [2.75, 3.05) is 18.4 Å². The molecule has 0 spiro atoms. The Bertz CT molecular complexity index is 858. The molecule has 0 radical (unpaired) electrons. The molecule has 1 aromatic carbocycles. The Balaban J connectivity index is 1.53. The van der Waals surface area contributed by atoms with E-state index in [1.165, 1.54) is 24.3 Å². The van der Waals surface area contributed by atoms with E-state index in [4.69, 9.17) is 4.74 Å². The van der Waals surface area contributed by atoms with Crippen molar-refractivity contribution in [2.45, 2.75) is 39.2 Å². The standard InChI is InChI=1S/C22H26FN3O3/c1-15-4-9-19(24-14-15)25-20(27)16-10-12-26(13-11-16)21(28)22(2,3)29-18-7-5-17(23)6-8-18/h4-9,14,16H,10-13H2,1-3H3,(H,24,25,27). The lowest BCUT2D eigenvalue weighted by Gasteiger charge is -2.36. The lowest BCUT2D eigenvalue weighted by Crippen LogP contribution is -2.52. The van der Waals surface area contributed by atoms with Crippen LogP contribution >= 0.6 is 0 Å². The van der Waals surface area contributed by atoms with E-state index in [-0.39, 0.29) is 23.5 Å². The van der Waals surface area contributed by atoms with Gasteiger partial charge >= 0.3 is 0 Å². The molecule has 0 atom stereocenters. The van der Waals surface area contributed by atoms with Crippen molar-refractivity contribution in [3.63, 3.8) is 0 Å². The van der Waals surface area contributed by atoms with Crippen LogP contribution in [0, 0.1) is 18.7 Å². The fraction of sp³-hybridized carbons (Fsp3) is 0.409. The van der Waals surface area contributed by atoms with Crippen LogP contribution in [-0.4, -0.2) is 40.4 Å². The Labute approximate surface area is 170 Å². The number of aryl methyl sites for hydroxylation is 1. The number of pyridine rings is 1. The quantitative estimate of drug-likeness (QED) is 0.835. The van der Waals surface area contributed by atoms with E-state index in [2.05, 4.69) is 10.3 Å². The first-order chi connectivity index (χ1) is 13.7. The molecule has 2 aromatic rings. The molecule has 2 heterocycles. The molecule has 1 aliphatic heterocycles. The normalized spacial score (nSPS) is 15.1. The zero-order chi connectivity index (χ0) is 21.0. The molecular weight excluding hydrogens is 373 g/mol. The largest absolute Gasteiger partial charge is 0.478 e. The van der Waals surface area contributed by atoms with Crippen LogP contribution in [0.5, 0.6) is 5.75 Å². The number of benzene rings is 1. The molecule has 1 saturated heterocycles. The van der Waals surface area contributed by atoms with Gasteiger partial charge in [-0.3, -0.25) is 9.59 Å². The smallest absolute Gasteiger partial charge is 0.266 e. The number of amides is 2. The third-order valence-electron chi connectivity index (χ3n) is 5.02. The van der Waals surface area contributed by atoms with Crippen LogP contribution in [0.15, 0.2) is 42.6 Å². The van der Waals surface area contributed by atoms with E-state index in [1.807, 2.05) is 13.0 Å². The van der Waals surface area contributed by atoms with Gasteiger partial charge in [-0.2, -0.15) is 0 Å². The average molecular weight is 399 g/mol. The maximum absolute atomic E-state index is 13.1. The fourth-order valence-electron chi connectivity index (χ4n) is 3.34. The number of hydrogen-bond donors (Lipinski definition) is 1. The molecule has 7 heteroatoms. The molecule has 1 aromatic heterocycles. The Kier molecular flexibility index (Phi) is 6.15. The lowest BCUT2D eigenvalue weighted by molar-refractivity contribution is -0.147. The molecule has 0 saturated carbocycles. The number of hydrogen-bond acceptors (Lipinski definition) is 4. The molecule has 0 unspecified atom stereocenters. The Hall–Kier alpha value is -2.96. The number of likely N-dealkylation sites (tertiary alicyclic amines) is 1. The van der Waals surface area contributed by atoms with Gasteiger partial charge in [0.15, 0.2) is 5.60 Å². The highest BCUT2D eigenvalue weighted by molar-refractivity contribution is 5.92. The van der Waals surface area contributed by atoms with E-state index in [9.17, 15) is 14.0 Å². The Morgan fingerprint density at radius 1 is 1.14 bits per heavy atom. The van der Waals surface area contributed by atoms with Crippen LogP contribution in [0.1, 0.15) is 32.3 Å². The van der Waals surface area contributed by atoms with E-state index in [1.54, 1.807) is 31.0 Å². The summed E-state index contributed by atoms with van der Waals surface area (Å²) in [5.41, 5.74) is -0.0565. The highest BCUT2D eigenvalue weighted by Gasteiger charge is 2.37. The molecule has 0 bridgehead atoms. The minimum Gasteiger partial charge on any atom is -0.478 e. The summed E-state index contributed by atoms with van der Waals surface area (Å²) in [5, 5.41) is 2.84. The summed E-state index contributed by atoms with van der Waals surface area (Å²) < 4.78 is 18.8. The molecule has 3 rings (SSSR count). The number of rotatable bonds is 5. The van der Waals surface area contributed by atoms with Crippen LogP contribution in [0.3, 0.4) is 0 Å². The van der Waals surface area contributed by atoms with Gasteiger partial charge in [0.05, 0.1) is 0 Å². The molecule has 29 heavy (non-hydrogen) atoms. The van der Waals surface area contributed by atoms with Crippen molar-refractivity contribution < 1.29 is 18.7 Å². The highest BCUT2D eigenvalue weighted by atomic mass is 19.1. The maximum Gasteiger partial charge on any atom is 0.266 e. The first-order valence-corrected chi connectivity index (χ1v) is 9.72. The van der Waals surface area contributed by atoms with Crippen LogP contribution in [0.4, 0.5) is 10.2 Å². The monoisotopic (exact) mass is 399 g/mol. The predicted molar refractivity (Wildman–Crippen MR) is 108 cm³/mol. The second-order valence-corrected chi connectivity index (χ2v) is 7.84. The third kappa shape index (κ3) is 5.31. The Morgan fingerprint density at radius 2 is 1.79 bits per heavy atom. The number of ether oxygens (including phenoxy) is 1. The highest BCUT2D eigenvalue weighted by Crippen LogP contribution is 2.25. The Morgan fingerprint density at radius 3 is 2.38 bits per heavy atom. The fourth-order valence-corrected chi connectivity index (χ4v) is 3.34. The minimum absolute atomic E-state index is 0.0738. The van der Waals surface area contributed by atoms with Gasteiger partial charge in [-0.05, 0) is 69.5 Å². The summed E-state index contributed by atoms with van der Waals surface area (Å²) in [5.74, 6) is 0.222. The average Bonchev–Trinajstić information content (AvgIpc) is 2.71. The van der Waals surface area contributed by atoms with Crippen molar-refractivity contribution >= 4 is 17.6 Å². The van der Waals surface area contributed by atoms with Gasteiger partial charge in [0.1, 0.15) is 17.4 Å². The summed E-state index contributed by atoms with van der Waals surface area (Å²) in [6, 6.07) is 9.26. The van der Waals surface area contributed by atoms with E-state index in [0.29, 0.717) is 37.5 Å². The molecule has 1 N–H and O–H groups in total. The van der Waals surface area contributed by atoms with Crippen molar-refractivity contribution in [1.29, 1.82) is 0 Å². The van der Waals surface area contributed by atoms with Gasteiger partial charge in [-0.25, -0.2) is 9.37 Å². The van der Waals surface area contributed by atoms with Crippen LogP contribution in [0.25, 0.3) is 0 Å². The van der Waals surface area contributed by atoms with Crippen molar-refractivity contribution in [1.82, 2.24) is 9.88 Å².